The third-order valence-corrected chi connectivity index (χ3v) is 4.96. The van der Waals surface area contributed by atoms with Crippen LogP contribution < -0.4 is 14.4 Å². The number of hydrogen-bond donors (Lipinski definition) is 0. The topological polar surface area (TPSA) is 24.9 Å². The molecule has 3 rings (SSSR count). The fraction of sp³-hybridized carbons (Fsp3) is 0.350. The molecule has 0 atom stereocenters. The van der Waals surface area contributed by atoms with Crippen LogP contribution in [0.5, 0.6) is 11.5 Å². The molecule has 6 heteroatoms. The van der Waals surface area contributed by atoms with E-state index in [0.717, 1.165) is 48.2 Å². The molecule has 0 aliphatic carbocycles. The Morgan fingerprint density at radius 2 is 1.73 bits per heavy atom. The minimum absolute atomic E-state index is 0.210. The van der Waals surface area contributed by atoms with Crippen molar-refractivity contribution in [3.05, 3.63) is 53.8 Å². The maximum Gasteiger partial charge on any atom is 0.161 e. The Balaban J connectivity index is 1.65. The third-order valence-electron chi connectivity index (χ3n) is 4.47. The van der Waals surface area contributed by atoms with Crippen LogP contribution in [0.4, 0.5) is 10.1 Å². The van der Waals surface area contributed by atoms with Crippen LogP contribution >= 0.6 is 12.2 Å². The Bertz CT molecular complexity index is 759. The number of thiocarbonyl (C=S) groups is 1. The smallest absolute Gasteiger partial charge is 0.161 e. The Morgan fingerprint density at radius 3 is 2.35 bits per heavy atom. The standard InChI is InChI=1S/C20H23FN2O2S/c1-3-25-18-9-4-15(14-19(18)24-2)20(26)23-12-10-22(11-13-23)17-7-5-16(21)6-8-17/h4-9,14H,3,10-13H2,1-2H3. The lowest BCUT2D eigenvalue weighted by atomic mass is 10.1. The van der Waals surface area contributed by atoms with Gasteiger partial charge in [-0.2, -0.15) is 0 Å². The van der Waals surface area contributed by atoms with E-state index in [1.165, 1.54) is 12.1 Å². The van der Waals surface area contributed by atoms with Gasteiger partial charge in [-0.05, 0) is 49.4 Å². The molecule has 2 aromatic rings. The number of hydrogen-bond acceptors (Lipinski definition) is 4. The van der Waals surface area contributed by atoms with Gasteiger partial charge in [0.05, 0.1) is 13.7 Å². The third kappa shape index (κ3) is 4.07. The van der Waals surface area contributed by atoms with E-state index in [-0.39, 0.29) is 5.82 Å². The van der Waals surface area contributed by atoms with E-state index in [4.69, 9.17) is 21.7 Å². The summed E-state index contributed by atoms with van der Waals surface area (Å²) in [5, 5.41) is 0. The highest BCUT2D eigenvalue weighted by atomic mass is 32.1. The molecular weight excluding hydrogens is 351 g/mol. The zero-order valence-electron chi connectivity index (χ0n) is 15.1. The summed E-state index contributed by atoms with van der Waals surface area (Å²) in [7, 11) is 1.63. The minimum atomic E-state index is -0.210. The average Bonchev–Trinajstić information content (AvgIpc) is 2.69. The first-order valence-electron chi connectivity index (χ1n) is 8.73. The molecule has 1 fully saturated rings. The second-order valence-electron chi connectivity index (χ2n) is 6.05. The maximum atomic E-state index is 13.1. The summed E-state index contributed by atoms with van der Waals surface area (Å²) in [4.78, 5) is 5.26. The lowest BCUT2D eigenvalue weighted by Crippen LogP contribution is -2.48. The maximum absolute atomic E-state index is 13.1. The van der Waals surface area contributed by atoms with Gasteiger partial charge in [0, 0.05) is 37.4 Å². The van der Waals surface area contributed by atoms with Gasteiger partial charge in [-0.3, -0.25) is 0 Å². The molecule has 0 spiro atoms. The first-order chi connectivity index (χ1) is 12.6. The van der Waals surface area contributed by atoms with Gasteiger partial charge in [0.2, 0.25) is 0 Å². The van der Waals surface area contributed by atoms with Gasteiger partial charge in [-0.25, -0.2) is 4.39 Å². The van der Waals surface area contributed by atoms with E-state index in [1.807, 2.05) is 37.3 Å². The molecule has 1 aliphatic heterocycles. The molecule has 0 aromatic heterocycles. The molecule has 0 amide bonds. The number of anilines is 1. The highest BCUT2D eigenvalue weighted by Crippen LogP contribution is 2.29. The van der Waals surface area contributed by atoms with Crippen molar-refractivity contribution >= 4 is 22.9 Å². The molecule has 26 heavy (non-hydrogen) atoms. The zero-order chi connectivity index (χ0) is 18.5. The molecular formula is C20H23FN2O2S. The van der Waals surface area contributed by atoms with Crippen molar-refractivity contribution < 1.29 is 13.9 Å². The van der Waals surface area contributed by atoms with Crippen LogP contribution in [-0.4, -0.2) is 49.8 Å². The van der Waals surface area contributed by atoms with Gasteiger partial charge in [0.15, 0.2) is 11.5 Å². The molecule has 0 bridgehead atoms. The number of halogens is 1. The molecule has 0 unspecified atom stereocenters. The first-order valence-corrected chi connectivity index (χ1v) is 9.14. The first kappa shape index (κ1) is 18.5. The minimum Gasteiger partial charge on any atom is -0.493 e. The van der Waals surface area contributed by atoms with Crippen molar-refractivity contribution in [3.63, 3.8) is 0 Å². The number of rotatable bonds is 5. The molecule has 1 aliphatic rings. The predicted molar refractivity (Wildman–Crippen MR) is 106 cm³/mol. The highest BCUT2D eigenvalue weighted by Gasteiger charge is 2.21. The number of methoxy groups -OCH3 is 1. The van der Waals surface area contributed by atoms with Crippen molar-refractivity contribution in [1.29, 1.82) is 0 Å². The average molecular weight is 374 g/mol. The summed E-state index contributed by atoms with van der Waals surface area (Å²) in [5.74, 6) is 1.21. The fourth-order valence-corrected chi connectivity index (χ4v) is 3.39. The molecule has 2 aromatic carbocycles. The Kier molecular flexibility index (Phi) is 5.93. The summed E-state index contributed by atoms with van der Waals surface area (Å²) < 4.78 is 24.1. The van der Waals surface area contributed by atoms with Crippen LogP contribution in [0, 0.1) is 5.82 Å². The van der Waals surface area contributed by atoms with E-state index in [1.54, 1.807) is 7.11 Å². The van der Waals surface area contributed by atoms with E-state index in [2.05, 4.69) is 9.80 Å². The molecule has 138 valence electrons. The fourth-order valence-electron chi connectivity index (χ4n) is 3.08. The lowest BCUT2D eigenvalue weighted by molar-refractivity contribution is 0.311. The van der Waals surface area contributed by atoms with E-state index >= 15 is 0 Å². The number of benzene rings is 2. The monoisotopic (exact) mass is 374 g/mol. The van der Waals surface area contributed by atoms with Gasteiger partial charge >= 0.3 is 0 Å². The molecule has 4 nitrogen and oxygen atoms in total. The Hall–Kier alpha value is -2.34. The number of piperazine rings is 1. The quantitative estimate of drug-likeness (QED) is 0.743. The van der Waals surface area contributed by atoms with Gasteiger partial charge in [0.1, 0.15) is 10.8 Å². The van der Waals surface area contributed by atoms with E-state index < -0.39 is 0 Å². The largest absolute Gasteiger partial charge is 0.493 e. The van der Waals surface area contributed by atoms with Crippen LogP contribution in [0.2, 0.25) is 0 Å². The second-order valence-corrected chi connectivity index (χ2v) is 6.44. The van der Waals surface area contributed by atoms with E-state index in [0.29, 0.717) is 12.4 Å². The summed E-state index contributed by atoms with van der Waals surface area (Å²) in [6.45, 7) is 5.88. The van der Waals surface area contributed by atoms with Crippen LogP contribution in [0.1, 0.15) is 12.5 Å². The summed E-state index contributed by atoms with van der Waals surface area (Å²) in [5.41, 5.74) is 2.00. The molecule has 0 radical (unpaired) electrons. The van der Waals surface area contributed by atoms with Gasteiger partial charge in [0.25, 0.3) is 0 Å². The Morgan fingerprint density at radius 1 is 1.04 bits per heavy atom. The van der Waals surface area contributed by atoms with Gasteiger partial charge < -0.3 is 19.3 Å². The van der Waals surface area contributed by atoms with Crippen molar-refractivity contribution in [1.82, 2.24) is 4.90 Å². The normalized spacial score (nSPS) is 14.3. The second kappa shape index (κ2) is 8.36. The van der Waals surface area contributed by atoms with Crippen molar-refractivity contribution in [3.8, 4) is 11.5 Å². The van der Waals surface area contributed by atoms with Crippen LogP contribution in [0.3, 0.4) is 0 Å². The Labute approximate surface area is 159 Å². The molecule has 1 heterocycles. The summed E-state index contributed by atoms with van der Waals surface area (Å²) in [6.07, 6.45) is 0. The SMILES string of the molecule is CCOc1ccc(C(=S)N2CCN(c3ccc(F)cc3)CC2)cc1OC. The predicted octanol–water partition coefficient (Wildman–Crippen LogP) is 3.73. The molecule has 0 N–H and O–H groups in total. The molecule has 0 saturated carbocycles. The number of ether oxygens (including phenoxy) is 2. The van der Waals surface area contributed by atoms with Crippen LogP contribution in [0.25, 0.3) is 0 Å². The lowest BCUT2D eigenvalue weighted by Gasteiger charge is -2.37. The van der Waals surface area contributed by atoms with Crippen molar-refractivity contribution in [2.24, 2.45) is 0 Å². The number of nitrogens with zero attached hydrogens (tertiary/aromatic N) is 2. The zero-order valence-corrected chi connectivity index (χ0v) is 15.9. The summed E-state index contributed by atoms with van der Waals surface area (Å²) in [6, 6.07) is 12.4. The van der Waals surface area contributed by atoms with Gasteiger partial charge in [-0.1, -0.05) is 12.2 Å². The van der Waals surface area contributed by atoms with Crippen molar-refractivity contribution in [2.75, 3.05) is 44.8 Å². The highest BCUT2D eigenvalue weighted by molar-refractivity contribution is 7.80. The molecule has 1 saturated heterocycles. The van der Waals surface area contributed by atoms with Crippen molar-refractivity contribution in [2.45, 2.75) is 6.92 Å². The van der Waals surface area contributed by atoms with Gasteiger partial charge in [-0.15, -0.1) is 0 Å². The summed E-state index contributed by atoms with van der Waals surface area (Å²) >= 11 is 5.69. The van der Waals surface area contributed by atoms with Crippen LogP contribution in [0.15, 0.2) is 42.5 Å². The van der Waals surface area contributed by atoms with Crippen LogP contribution in [-0.2, 0) is 0 Å². The van der Waals surface area contributed by atoms with E-state index in [9.17, 15) is 4.39 Å².